The average Bonchev–Trinajstić information content (AvgIpc) is 1.82. The topological polar surface area (TPSA) is 83.1 Å². The number of aliphatic imine (C=N–C) groups is 1. The van der Waals surface area contributed by atoms with E-state index in [2.05, 4.69) is 15.3 Å². The van der Waals surface area contributed by atoms with Crippen LogP contribution in [0.1, 0.15) is 0 Å². The van der Waals surface area contributed by atoms with Crippen LogP contribution in [0.15, 0.2) is 4.99 Å². The summed E-state index contributed by atoms with van der Waals surface area (Å²) in [7, 11) is 2.84. The number of nitrogens with one attached hydrogen (secondary N) is 1. The van der Waals surface area contributed by atoms with Gasteiger partial charge in [-0.2, -0.15) is 5.17 Å². The van der Waals surface area contributed by atoms with Crippen molar-refractivity contribution in [2.45, 2.75) is 0 Å². The third kappa shape index (κ3) is 2.85. The van der Waals surface area contributed by atoms with E-state index in [1.54, 1.807) is 0 Å². The highest BCUT2D eigenvalue weighted by molar-refractivity contribution is 5.76. The molecule has 0 fully saturated rings. The number of nitrogens with two attached hydrogens (primary N) is 1. The molecule has 0 aromatic heterocycles. The van der Waals surface area contributed by atoms with Gasteiger partial charge in [0.2, 0.25) is 0 Å². The van der Waals surface area contributed by atoms with E-state index in [0.717, 1.165) is 0 Å². The van der Waals surface area contributed by atoms with Gasteiger partial charge in [-0.25, -0.2) is 11.3 Å². The lowest BCUT2D eigenvalue weighted by atomic mass is 11.0. The van der Waals surface area contributed by atoms with Crippen LogP contribution < -0.4 is 11.3 Å². The van der Waals surface area contributed by atoms with Gasteiger partial charge >= 0.3 is 0 Å². The third-order valence-corrected chi connectivity index (χ3v) is 0.622. The summed E-state index contributed by atoms with van der Waals surface area (Å²) in [6.07, 6.45) is 0. The van der Waals surface area contributed by atoms with Crippen molar-refractivity contribution in [3.8, 4) is 0 Å². The first-order valence-electron chi connectivity index (χ1n) is 2.21. The zero-order chi connectivity index (χ0) is 7.28. The summed E-state index contributed by atoms with van der Waals surface area (Å²) >= 11 is 0. The standard InChI is InChI=1S/C3H10N4O2/c1-5-3(6-9-2)7(4)8/h8H,4H2,1-2H3,(H,5,6). The molecular formula is C3H10N4O2. The molecule has 4 N–H and O–H groups in total. The molecular weight excluding hydrogens is 124 g/mol. The molecule has 0 radical (unpaired) electrons. The predicted octanol–water partition coefficient (Wildman–Crippen LogP) is -1.31. The highest BCUT2D eigenvalue weighted by atomic mass is 16.6. The van der Waals surface area contributed by atoms with Gasteiger partial charge < -0.3 is 0 Å². The van der Waals surface area contributed by atoms with Gasteiger partial charge in [-0.3, -0.25) is 15.0 Å². The summed E-state index contributed by atoms with van der Waals surface area (Å²) in [4.78, 5) is 7.90. The van der Waals surface area contributed by atoms with E-state index in [1.807, 2.05) is 0 Å². The molecule has 0 rings (SSSR count). The number of hydrazine groups is 1. The third-order valence-electron chi connectivity index (χ3n) is 0.622. The Hall–Kier alpha value is -0.850. The summed E-state index contributed by atoms with van der Waals surface area (Å²) in [5.41, 5.74) is 2.23. The van der Waals surface area contributed by atoms with Crippen LogP contribution in [0.5, 0.6) is 0 Å². The van der Waals surface area contributed by atoms with Crippen LogP contribution in [0.4, 0.5) is 0 Å². The molecule has 0 unspecified atom stereocenters. The lowest BCUT2D eigenvalue weighted by molar-refractivity contribution is -0.0333. The average molecular weight is 134 g/mol. The molecule has 6 heteroatoms. The van der Waals surface area contributed by atoms with Crippen molar-refractivity contribution in [3.63, 3.8) is 0 Å². The van der Waals surface area contributed by atoms with E-state index < -0.39 is 0 Å². The zero-order valence-corrected chi connectivity index (χ0v) is 5.33. The molecule has 0 aromatic carbocycles. The van der Waals surface area contributed by atoms with E-state index in [1.165, 1.54) is 14.2 Å². The maximum Gasteiger partial charge on any atom is 0.257 e. The molecule has 0 aromatic rings. The first-order chi connectivity index (χ1) is 4.22. The monoisotopic (exact) mass is 134 g/mol. The Labute approximate surface area is 52.8 Å². The van der Waals surface area contributed by atoms with E-state index in [9.17, 15) is 0 Å². The van der Waals surface area contributed by atoms with Gasteiger partial charge in [0.05, 0.1) is 7.11 Å². The first-order valence-corrected chi connectivity index (χ1v) is 2.21. The van der Waals surface area contributed by atoms with Crippen molar-refractivity contribution >= 4 is 5.96 Å². The van der Waals surface area contributed by atoms with Crippen LogP contribution in [-0.2, 0) is 4.84 Å². The Morgan fingerprint density at radius 1 is 1.89 bits per heavy atom. The molecule has 6 nitrogen and oxygen atoms in total. The molecule has 0 amide bonds. The molecule has 0 saturated heterocycles. The zero-order valence-electron chi connectivity index (χ0n) is 5.33. The van der Waals surface area contributed by atoms with E-state index in [0.29, 0.717) is 5.17 Å². The van der Waals surface area contributed by atoms with Crippen molar-refractivity contribution in [3.05, 3.63) is 0 Å². The molecule has 0 aliphatic heterocycles. The molecule has 0 saturated carbocycles. The Kier molecular flexibility index (Phi) is 3.69. The number of hydrogen-bond acceptors (Lipinski definition) is 4. The van der Waals surface area contributed by atoms with Crippen molar-refractivity contribution in [2.24, 2.45) is 10.8 Å². The van der Waals surface area contributed by atoms with E-state index >= 15 is 0 Å². The number of nitrogens with zero attached hydrogens (tertiary/aromatic N) is 2. The molecule has 54 valence electrons. The Morgan fingerprint density at radius 3 is 2.56 bits per heavy atom. The first kappa shape index (κ1) is 8.15. The Bertz CT molecular complexity index is 102. The van der Waals surface area contributed by atoms with Gasteiger partial charge in [0.15, 0.2) is 0 Å². The second-order valence-electron chi connectivity index (χ2n) is 1.20. The second kappa shape index (κ2) is 4.07. The number of guanidine groups is 1. The van der Waals surface area contributed by atoms with Gasteiger partial charge in [-0.1, -0.05) is 0 Å². The number of hydrogen-bond donors (Lipinski definition) is 3. The van der Waals surface area contributed by atoms with Gasteiger partial charge in [-0.15, -0.1) is 0 Å². The van der Waals surface area contributed by atoms with Gasteiger partial charge in [0, 0.05) is 7.05 Å². The van der Waals surface area contributed by atoms with Crippen molar-refractivity contribution in [1.82, 2.24) is 10.7 Å². The van der Waals surface area contributed by atoms with Crippen LogP contribution in [0, 0.1) is 0 Å². The minimum Gasteiger partial charge on any atom is -0.277 e. The summed E-state index contributed by atoms with van der Waals surface area (Å²) in [6.45, 7) is 0. The largest absolute Gasteiger partial charge is 0.277 e. The lowest BCUT2D eigenvalue weighted by Crippen LogP contribution is -2.42. The Morgan fingerprint density at radius 2 is 2.44 bits per heavy atom. The molecule has 9 heavy (non-hydrogen) atoms. The maximum atomic E-state index is 8.48. The van der Waals surface area contributed by atoms with Crippen molar-refractivity contribution in [1.29, 1.82) is 0 Å². The fourth-order valence-corrected chi connectivity index (χ4v) is 0.286. The van der Waals surface area contributed by atoms with Crippen LogP contribution in [0.2, 0.25) is 0 Å². The van der Waals surface area contributed by atoms with Crippen LogP contribution in [-0.4, -0.2) is 30.5 Å². The molecule has 0 heterocycles. The molecule has 0 bridgehead atoms. The highest BCUT2D eigenvalue weighted by Crippen LogP contribution is 1.71. The quantitative estimate of drug-likeness (QED) is 0.179. The van der Waals surface area contributed by atoms with Crippen LogP contribution >= 0.6 is 0 Å². The van der Waals surface area contributed by atoms with E-state index in [4.69, 9.17) is 11.0 Å². The van der Waals surface area contributed by atoms with Gasteiger partial charge in [0.1, 0.15) is 0 Å². The molecule has 0 aliphatic carbocycles. The maximum absolute atomic E-state index is 8.48. The van der Waals surface area contributed by atoms with Crippen molar-refractivity contribution < 1.29 is 10.0 Å². The second-order valence-corrected chi connectivity index (χ2v) is 1.20. The molecule has 0 aliphatic rings. The normalized spacial score (nSPS) is 11.3. The SMILES string of the molecule is CN=C(NOC)N(N)O. The minimum atomic E-state index is 0.0394. The van der Waals surface area contributed by atoms with E-state index in [-0.39, 0.29) is 5.96 Å². The van der Waals surface area contributed by atoms with Crippen LogP contribution in [0.3, 0.4) is 0 Å². The van der Waals surface area contributed by atoms with Crippen molar-refractivity contribution in [2.75, 3.05) is 14.2 Å². The molecule has 0 atom stereocenters. The van der Waals surface area contributed by atoms with Gasteiger partial charge in [0.25, 0.3) is 5.96 Å². The number of rotatable bonds is 1. The fraction of sp³-hybridized carbons (Fsp3) is 0.667. The minimum absolute atomic E-state index is 0.0394. The Balaban J connectivity index is 3.70. The summed E-state index contributed by atoms with van der Waals surface area (Å²) in [5.74, 6) is 4.89. The fourth-order valence-electron chi connectivity index (χ4n) is 0.286. The summed E-state index contributed by atoms with van der Waals surface area (Å²) in [6, 6.07) is 0. The highest BCUT2D eigenvalue weighted by Gasteiger charge is 1.98. The predicted molar refractivity (Wildman–Crippen MR) is 31.3 cm³/mol. The number of hydroxylamine groups is 2. The summed E-state index contributed by atoms with van der Waals surface area (Å²) < 4.78 is 0. The van der Waals surface area contributed by atoms with Crippen LogP contribution in [0.25, 0.3) is 0 Å². The molecule has 0 spiro atoms. The lowest BCUT2D eigenvalue weighted by Gasteiger charge is -2.11. The van der Waals surface area contributed by atoms with Gasteiger partial charge in [-0.05, 0) is 0 Å². The summed E-state index contributed by atoms with van der Waals surface area (Å²) in [5, 5.41) is 8.80. The smallest absolute Gasteiger partial charge is 0.257 e.